The van der Waals surface area contributed by atoms with Crippen LogP contribution in [0.3, 0.4) is 0 Å². The second-order valence-corrected chi connectivity index (χ2v) is 4.46. The first-order valence-electron chi connectivity index (χ1n) is 6.10. The molecule has 0 atom stereocenters. The number of ether oxygens (including phenoxy) is 1. The highest BCUT2D eigenvalue weighted by atomic mass is 19.1. The van der Waals surface area contributed by atoms with E-state index in [9.17, 15) is 14.0 Å². The van der Waals surface area contributed by atoms with Gasteiger partial charge in [0.15, 0.2) is 0 Å². The van der Waals surface area contributed by atoms with Gasteiger partial charge in [0.1, 0.15) is 18.1 Å². The third-order valence-corrected chi connectivity index (χ3v) is 3.05. The number of hydrogen-bond donors (Lipinski definition) is 1. The number of hydrogen-bond acceptors (Lipinski definition) is 5. The third-order valence-electron chi connectivity index (χ3n) is 3.05. The molecule has 0 spiro atoms. The minimum absolute atomic E-state index is 0.00379. The standard InChI is InChI=1S/C14H14FN3O3/c1-18(7-11(19)21-2)14(20)13-12-8(5-6-17-13)9(15)3-4-10(12)16/h3-6H,7,16H2,1-2H3. The van der Waals surface area contributed by atoms with Gasteiger partial charge < -0.3 is 15.4 Å². The van der Waals surface area contributed by atoms with Gasteiger partial charge in [0, 0.05) is 29.7 Å². The van der Waals surface area contributed by atoms with Gasteiger partial charge in [-0.25, -0.2) is 4.39 Å². The number of anilines is 1. The third kappa shape index (κ3) is 2.76. The highest BCUT2D eigenvalue weighted by Crippen LogP contribution is 2.26. The predicted octanol–water partition coefficient (Wildman–Crippen LogP) is 1.20. The largest absolute Gasteiger partial charge is 0.468 e. The Labute approximate surface area is 120 Å². The summed E-state index contributed by atoms with van der Waals surface area (Å²) in [6, 6.07) is 4.04. The van der Waals surface area contributed by atoms with Crippen molar-refractivity contribution in [2.75, 3.05) is 26.4 Å². The van der Waals surface area contributed by atoms with E-state index in [1.807, 2.05) is 0 Å². The molecule has 1 amide bonds. The first kappa shape index (κ1) is 14.7. The number of carbonyl (C=O) groups excluding carboxylic acids is 2. The van der Waals surface area contributed by atoms with Gasteiger partial charge >= 0.3 is 5.97 Å². The lowest BCUT2D eigenvalue weighted by Crippen LogP contribution is -2.33. The number of benzene rings is 1. The van der Waals surface area contributed by atoms with Crippen molar-refractivity contribution in [3.63, 3.8) is 0 Å². The molecule has 0 unspecified atom stereocenters. The van der Waals surface area contributed by atoms with E-state index in [1.165, 1.54) is 38.6 Å². The van der Waals surface area contributed by atoms with Crippen LogP contribution < -0.4 is 5.73 Å². The van der Waals surface area contributed by atoms with Crippen LogP contribution in [-0.4, -0.2) is 42.5 Å². The Balaban J connectivity index is 2.49. The average molecular weight is 291 g/mol. The lowest BCUT2D eigenvalue weighted by molar-refractivity contribution is -0.141. The molecule has 2 aromatic rings. The number of methoxy groups -OCH3 is 1. The number of aromatic nitrogens is 1. The van der Waals surface area contributed by atoms with Gasteiger partial charge in [-0.15, -0.1) is 0 Å². The number of esters is 1. The van der Waals surface area contributed by atoms with Gasteiger partial charge in [-0.3, -0.25) is 14.6 Å². The van der Waals surface area contributed by atoms with Crippen LogP contribution in [0.1, 0.15) is 10.5 Å². The number of likely N-dealkylation sites (N-methyl/N-ethyl adjacent to an activating group) is 1. The number of fused-ring (bicyclic) bond motifs is 1. The molecule has 0 bridgehead atoms. The topological polar surface area (TPSA) is 85.5 Å². The zero-order chi connectivity index (χ0) is 15.6. The summed E-state index contributed by atoms with van der Waals surface area (Å²) in [5, 5.41) is 0.444. The van der Waals surface area contributed by atoms with Crippen LogP contribution in [0.5, 0.6) is 0 Å². The highest BCUT2D eigenvalue weighted by Gasteiger charge is 2.21. The zero-order valence-corrected chi connectivity index (χ0v) is 11.6. The van der Waals surface area contributed by atoms with E-state index < -0.39 is 17.7 Å². The first-order valence-corrected chi connectivity index (χ1v) is 6.10. The zero-order valence-electron chi connectivity index (χ0n) is 11.6. The maximum atomic E-state index is 13.8. The fourth-order valence-electron chi connectivity index (χ4n) is 1.96. The SMILES string of the molecule is COC(=O)CN(C)C(=O)c1nccc2c(F)ccc(N)c12. The van der Waals surface area contributed by atoms with Gasteiger partial charge in [0.25, 0.3) is 5.91 Å². The van der Waals surface area contributed by atoms with Crippen molar-refractivity contribution in [1.29, 1.82) is 0 Å². The molecule has 0 fully saturated rings. The van der Waals surface area contributed by atoms with Crippen molar-refractivity contribution in [2.45, 2.75) is 0 Å². The minimum atomic E-state index is -0.565. The number of carbonyl (C=O) groups is 2. The van der Waals surface area contributed by atoms with Crippen molar-refractivity contribution in [3.8, 4) is 0 Å². The molecule has 0 saturated carbocycles. The molecule has 110 valence electrons. The fraction of sp³-hybridized carbons (Fsp3) is 0.214. The number of nitrogens with zero attached hydrogens (tertiary/aromatic N) is 2. The van der Waals surface area contributed by atoms with Crippen LogP contribution in [0.15, 0.2) is 24.4 Å². The van der Waals surface area contributed by atoms with Gasteiger partial charge in [0.2, 0.25) is 0 Å². The smallest absolute Gasteiger partial charge is 0.325 e. The maximum Gasteiger partial charge on any atom is 0.325 e. The van der Waals surface area contributed by atoms with Crippen LogP contribution in [0.4, 0.5) is 10.1 Å². The molecule has 0 aliphatic carbocycles. The van der Waals surface area contributed by atoms with Crippen LogP contribution in [0.2, 0.25) is 0 Å². The summed E-state index contributed by atoms with van der Waals surface area (Å²) in [5.74, 6) is -1.60. The molecule has 0 aliphatic rings. The van der Waals surface area contributed by atoms with Gasteiger partial charge in [0.05, 0.1) is 7.11 Å². The van der Waals surface area contributed by atoms with Crippen LogP contribution in [0.25, 0.3) is 10.8 Å². The quantitative estimate of drug-likeness (QED) is 0.678. The van der Waals surface area contributed by atoms with Gasteiger partial charge in [-0.05, 0) is 18.2 Å². The van der Waals surface area contributed by atoms with E-state index in [1.54, 1.807) is 0 Å². The Morgan fingerprint density at radius 2 is 2.10 bits per heavy atom. The maximum absolute atomic E-state index is 13.8. The second kappa shape index (κ2) is 5.74. The molecule has 1 heterocycles. The fourth-order valence-corrected chi connectivity index (χ4v) is 1.96. The summed E-state index contributed by atoms with van der Waals surface area (Å²) in [7, 11) is 2.65. The Kier molecular flexibility index (Phi) is 4.02. The number of rotatable bonds is 3. The van der Waals surface area contributed by atoms with Gasteiger partial charge in [-0.2, -0.15) is 0 Å². The molecule has 0 radical (unpaired) electrons. The molecule has 1 aromatic carbocycles. The van der Waals surface area contributed by atoms with Crippen molar-refractivity contribution < 1.29 is 18.7 Å². The summed E-state index contributed by atoms with van der Waals surface area (Å²) in [6.45, 7) is -0.234. The highest BCUT2D eigenvalue weighted by molar-refractivity contribution is 6.10. The molecule has 0 aliphatic heterocycles. The van der Waals surface area contributed by atoms with E-state index in [0.29, 0.717) is 0 Å². The summed E-state index contributed by atoms with van der Waals surface area (Å²) in [6.07, 6.45) is 1.32. The van der Waals surface area contributed by atoms with E-state index in [2.05, 4.69) is 9.72 Å². The molecule has 2 rings (SSSR count). The van der Waals surface area contributed by atoms with Crippen molar-refractivity contribution in [3.05, 3.63) is 35.9 Å². The minimum Gasteiger partial charge on any atom is -0.468 e. The molecule has 21 heavy (non-hydrogen) atoms. The molecule has 0 saturated heterocycles. The number of pyridine rings is 1. The normalized spacial score (nSPS) is 10.4. The molecule has 6 nitrogen and oxygen atoms in total. The van der Waals surface area contributed by atoms with Crippen LogP contribution in [0, 0.1) is 5.82 Å². The predicted molar refractivity (Wildman–Crippen MR) is 75.1 cm³/mol. The lowest BCUT2D eigenvalue weighted by atomic mass is 10.1. The number of nitrogen functional groups attached to an aromatic ring is 1. The van der Waals surface area contributed by atoms with Gasteiger partial charge in [-0.1, -0.05) is 0 Å². The number of nitrogens with two attached hydrogens (primary N) is 1. The molecule has 7 heteroatoms. The van der Waals surface area contributed by atoms with Crippen molar-refractivity contribution in [2.24, 2.45) is 0 Å². The average Bonchev–Trinajstić information content (AvgIpc) is 2.49. The molecular formula is C14H14FN3O3. The van der Waals surface area contributed by atoms with Crippen molar-refractivity contribution >= 4 is 28.3 Å². The Hall–Kier alpha value is -2.70. The molecule has 1 aromatic heterocycles. The van der Waals surface area contributed by atoms with E-state index >= 15 is 0 Å². The van der Waals surface area contributed by atoms with Crippen LogP contribution in [-0.2, 0) is 9.53 Å². The van der Waals surface area contributed by atoms with Crippen LogP contribution >= 0.6 is 0 Å². The van der Waals surface area contributed by atoms with Crippen molar-refractivity contribution in [1.82, 2.24) is 9.88 Å². The summed E-state index contributed by atoms with van der Waals surface area (Å²) in [4.78, 5) is 28.7. The Morgan fingerprint density at radius 3 is 2.76 bits per heavy atom. The van der Waals surface area contributed by atoms with E-state index in [0.717, 1.165) is 4.90 Å². The number of halogens is 1. The summed E-state index contributed by atoms with van der Waals surface area (Å²) >= 11 is 0. The Morgan fingerprint density at radius 1 is 1.38 bits per heavy atom. The summed E-state index contributed by atoms with van der Waals surface area (Å²) < 4.78 is 18.3. The monoisotopic (exact) mass is 291 g/mol. The number of amides is 1. The summed E-state index contributed by atoms with van der Waals surface area (Å²) in [5.41, 5.74) is 6.06. The first-order chi connectivity index (χ1) is 9.95. The van der Waals surface area contributed by atoms with E-state index in [-0.39, 0.29) is 28.7 Å². The lowest BCUT2D eigenvalue weighted by Gasteiger charge is -2.16. The Bertz CT molecular complexity index is 718. The molecule has 2 N–H and O–H groups in total. The second-order valence-electron chi connectivity index (χ2n) is 4.46. The van der Waals surface area contributed by atoms with E-state index in [4.69, 9.17) is 5.73 Å². The molecular weight excluding hydrogens is 277 g/mol.